The van der Waals surface area contributed by atoms with E-state index in [0.29, 0.717) is 35.7 Å². The Kier molecular flexibility index (Phi) is 6.29. The molecule has 1 amide bonds. The van der Waals surface area contributed by atoms with Gasteiger partial charge in [0.25, 0.3) is 0 Å². The smallest absolute Gasteiger partial charge is 0.243 e. The van der Waals surface area contributed by atoms with E-state index in [-0.39, 0.29) is 12.5 Å². The standard InChI is InChI=1S/C22H28N2O4S/c1-15-12-16(2)21(17(3)13-15)29(26,27)24-11-7-8-18(14-24)22(25)23-19-9-5-6-10-20(19)28-4/h5-6,9-10,12-13,18H,7-8,11,14H2,1-4H3,(H,23,25)/t18-/m1/s1. The fourth-order valence-electron chi connectivity index (χ4n) is 4.06. The average molecular weight is 417 g/mol. The Labute approximate surface area is 172 Å². The Balaban J connectivity index is 1.81. The van der Waals surface area contributed by atoms with Gasteiger partial charge in [0.1, 0.15) is 5.75 Å². The minimum absolute atomic E-state index is 0.177. The maximum atomic E-state index is 13.3. The summed E-state index contributed by atoms with van der Waals surface area (Å²) in [5, 5.41) is 2.89. The van der Waals surface area contributed by atoms with Gasteiger partial charge in [-0.1, -0.05) is 29.8 Å². The third kappa shape index (κ3) is 4.46. The van der Waals surface area contributed by atoms with Gasteiger partial charge in [0, 0.05) is 13.1 Å². The van der Waals surface area contributed by atoms with Gasteiger partial charge >= 0.3 is 0 Å². The van der Waals surface area contributed by atoms with Crippen LogP contribution in [0.15, 0.2) is 41.3 Å². The van der Waals surface area contributed by atoms with Crippen LogP contribution in [0.25, 0.3) is 0 Å². The van der Waals surface area contributed by atoms with Crippen molar-refractivity contribution >= 4 is 21.6 Å². The van der Waals surface area contributed by atoms with Crippen LogP contribution >= 0.6 is 0 Å². The van der Waals surface area contributed by atoms with Crippen molar-refractivity contribution in [3.8, 4) is 5.75 Å². The Hall–Kier alpha value is -2.38. The molecule has 156 valence electrons. The predicted octanol–water partition coefficient (Wildman–Crippen LogP) is 3.66. The summed E-state index contributed by atoms with van der Waals surface area (Å²) in [4.78, 5) is 13.2. The fraction of sp³-hybridized carbons (Fsp3) is 0.409. The molecule has 7 heteroatoms. The van der Waals surface area contributed by atoms with Crippen LogP contribution in [-0.2, 0) is 14.8 Å². The number of hydrogen-bond acceptors (Lipinski definition) is 4. The summed E-state index contributed by atoms with van der Waals surface area (Å²) in [5.41, 5.74) is 3.10. The third-order valence-corrected chi connectivity index (χ3v) is 7.49. The molecular formula is C22H28N2O4S. The van der Waals surface area contributed by atoms with Gasteiger partial charge in [0.05, 0.1) is 23.6 Å². The molecule has 0 radical (unpaired) electrons. The van der Waals surface area contributed by atoms with Crippen LogP contribution < -0.4 is 10.1 Å². The van der Waals surface area contributed by atoms with E-state index in [1.165, 1.54) is 4.31 Å². The zero-order chi connectivity index (χ0) is 21.2. The second kappa shape index (κ2) is 8.55. The molecule has 0 saturated carbocycles. The molecule has 0 bridgehead atoms. The Morgan fingerprint density at radius 2 is 1.79 bits per heavy atom. The fourth-order valence-corrected chi connectivity index (χ4v) is 6.00. The van der Waals surface area contributed by atoms with Crippen molar-refractivity contribution in [3.05, 3.63) is 53.1 Å². The third-order valence-electron chi connectivity index (χ3n) is 5.32. The predicted molar refractivity (Wildman–Crippen MR) is 114 cm³/mol. The molecule has 1 atom stereocenters. The van der Waals surface area contributed by atoms with Crippen LogP contribution in [0.5, 0.6) is 5.75 Å². The molecule has 0 unspecified atom stereocenters. The largest absolute Gasteiger partial charge is 0.495 e. The number of carbonyl (C=O) groups excluding carboxylic acids is 1. The van der Waals surface area contributed by atoms with E-state index in [1.54, 1.807) is 19.2 Å². The van der Waals surface area contributed by atoms with Gasteiger partial charge < -0.3 is 10.1 Å². The molecule has 1 aliphatic rings. The summed E-state index contributed by atoms with van der Waals surface area (Å²) < 4.78 is 33.4. The summed E-state index contributed by atoms with van der Waals surface area (Å²) in [6.07, 6.45) is 1.30. The molecule has 6 nitrogen and oxygen atoms in total. The summed E-state index contributed by atoms with van der Waals surface area (Å²) in [6, 6.07) is 11.0. The van der Waals surface area contributed by atoms with Crippen LogP contribution in [-0.4, -0.2) is 38.8 Å². The quantitative estimate of drug-likeness (QED) is 0.807. The van der Waals surface area contributed by atoms with E-state index in [2.05, 4.69) is 5.32 Å². The first-order valence-corrected chi connectivity index (χ1v) is 11.2. The highest BCUT2D eigenvalue weighted by Gasteiger charge is 2.35. The van der Waals surface area contributed by atoms with E-state index in [4.69, 9.17) is 4.74 Å². The highest BCUT2D eigenvalue weighted by atomic mass is 32.2. The molecule has 0 spiro atoms. The lowest BCUT2D eigenvalue weighted by atomic mass is 9.98. The molecule has 1 heterocycles. The van der Waals surface area contributed by atoms with Gasteiger partial charge in [-0.25, -0.2) is 8.42 Å². The molecule has 1 N–H and O–H groups in total. The molecule has 29 heavy (non-hydrogen) atoms. The van der Waals surface area contributed by atoms with Crippen molar-refractivity contribution in [2.45, 2.75) is 38.5 Å². The van der Waals surface area contributed by atoms with E-state index in [9.17, 15) is 13.2 Å². The number of aryl methyl sites for hydroxylation is 3. The van der Waals surface area contributed by atoms with Crippen LogP contribution in [0.1, 0.15) is 29.5 Å². The molecule has 0 aliphatic carbocycles. The number of methoxy groups -OCH3 is 1. The summed E-state index contributed by atoms with van der Waals surface area (Å²) in [5.74, 6) is -0.0201. The summed E-state index contributed by atoms with van der Waals surface area (Å²) in [7, 11) is -2.12. The minimum atomic E-state index is -3.66. The van der Waals surface area contributed by atoms with Crippen LogP contribution in [0, 0.1) is 26.7 Å². The summed E-state index contributed by atoms with van der Waals surface area (Å²) in [6.45, 7) is 6.20. The molecule has 3 rings (SSSR count). The van der Waals surface area contributed by atoms with Gasteiger partial charge in [-0.3, -0.25) is 4.79 Å². The van der Waals surface area contributed by atoms with Gasteiger partial charge in [0.2, 0.25) is 15.9 Å². The number of piperidine rings is 1. The van der Waals surface area contributed by atoms with Crippen molar-refractivity contribution in [1.82, 2.24) is 4.31 Å². The van der Waals surface area contributed by atoms with Gasteiger partial charge in [-0.05, 0) is 56.9 Å². The first-order valence-electron chi connectivity index (χ1n) is 9.76. The van der Waals surface area contributed by atoms with E-state index in [0.717, 1.165) is 16.7 Å². The zero-order valence-electron chi connectivity index (χ0n) is 17.4. The molecule has 1 fully saturated rings. The second-order valence-electron chi connectivity index (χ2n) is 7.62. The van der Waals surface area contributed by atoms with E-state index < -0.39 is 15.9 Å². The zero-order valence-corrected chi connectivity index (χ0v) is 18.2. The van der Waals surface area contributed by atoms with Gasteiger partial charge in [-0.15, -0.1) is 0 Å². The monoisotopic (exact) mass is 416 g/mol. The average Bonchev–Trinajstić information content (AvgIpc) is 2.67. The van der Waals surface area contributed by atoms with Crippen molar-refractivity contribution in [2.75, 3.05) is 25.5 Å². The number of nitrogens with one attached hydrogen (secondary N) is 1. The molecular weight excluding hydrogens is 388 g/mol. The second-order valence-corrected chi connectivity index (χ2v) is 9.49. The first-order chi connectivity index (χ1) is 13.7. The molecule has 2 aromatic rings. The van der Waals surface area contributed by atoms with Gasteiger partial charge in [0.15, 0.2) is 0 Å². The topological polar surface area (TPSA) is 75.7 Å². The van der Waals surface area contributed by atoms with E-state index in [1.807, 2.05) is 45.0 Å². The molecule has 1 aliphatic heterocycles. The minimum Gasteiger partial charge on any atom is -0.495 e. The van der Waals surface area contributed by atoms with Crippen molar-refractivity contribution in [3.63, 3.8) is 0 Å². The normalized spacial score (nSPS) is 17.7. The first kappa shape index (κ1) is 21.3. The van der Waals surface area contributed by atoms with Crippen LogP contribution in [0.2, 0.25) is 0 Å². The molecule has 2 aromatic carbocycles. The molecule has 1 saturated heterocycles. The highest BCUT2D eigenvalue weighted by Crippen LogP contribution is 2.30. The number of amides is 1. The van der Waals surface area contributed by atoms with E-state index >= 15 is 0 Å². The lowest BCUT2D eigenvalue weighted by molar-refractivity contribution is -0.120. The lowest BCUT2D eigenvalue weighted by Crippen LogP contribution is -2.44. The number of hydrogen-bond donors (Lipinski definition) is 1. The number of benzene rings is 2. The lowest BCUT2D eigenvalue weighted by Gasteiger charge is -2.32. The Morgan fingerprint density at radius 1 is 1.14 bits per heavy atom. The summed E-state index contributed by atoms with van der Waals surface area (Å²) >= 11 is 0. The number of nitrogens with zero attached hydrogens (tertiary/aromatic N) is 1. The maximum Gasteiger partial charge on any atom is 0.243 e. The van der Waals surface area contributed by atoms with Gasteiger partial charge in [-0.2, -0.15) is 4.31 Å². The number of ether oxygens (including phenoxy) is 1. The molecule has 0 aromatic heterocycles. The Morgan fingerprint density at radius 3 is 2.45 bits per heavy atom. The number of sulfonamides is 1. The van der Waals surface area contributed by atoms with Crippen LogP contribution in [0.3, 0.4) is 0 Å². The maximum absolute atomic E-state index is 13.3. The van der Waals surface area contributed by atoms with Crippen LogP contribution in [0.4, 0.5) is 5.69 Å². The highest BCUT2D eigenvalue weighted by molar-refractivity contribution is 7.89. The number of rotatable bonds is 5. The Bertz CT molecular complexity index is 994. The number of para-hydroxylation sites is 2. The van der Waals surface area contributed by atoms with Crippen molar-refractivity contribution < 1.29 is 17.9 Å². The number of anilines is 1. The van der Waals surface area contributed by atoms with Crippen molar-refractivity contribution in [2.24, 2.45) is 5.92 Å². The van der Waals surface area contributed by atoms with Crippen molar-refractivity contribution in [1.29, 1.82) is 0 Å². The SMILES string of the molecule is COc1ccccc1NC(=O)[C@@H]1CCCN(S(=O)(=O)c2c(C)cc(C)cc2C)C1. The number of carbonyl (C=O) groups is 1.